The second kappa shape index (κ2) is 3.80. The van der Waals surface area contributed by atoms with Crippen molar-refractivity contribution < 1.29 is 9.32 Å². The van der Waals surface area contributed by atoms with Gasteiger partial charge in [0.2, 0.25) is 0 Å². The summed E-state index contributed by atoms with van der Waals surface area (Å²) in [6.07, 6.45) is 2.15. The van der Waals surface area contributed by atoms with Gasteiger partial charge in [-0.1, -0.05) is 12.1 Å². The van der Waals surface area contributed by atoms with E-state index in [0.717, 1.165) is 19.4 Å². The van der Waals surface area contributed by atoms with Gasteiger partial charge >= 0.3 is 0 Å². The minimum atomic E-state index is 0.130. The smallest absolute Gasteiger partial charge is 0.278 e. The van der Waals surface area contributed by atoms with E-state index in [1.54, 1.807) is 10.7 Å². The van der Waals surface area contributed by atoms with Gasteiger partial charge in [0, 0.05) is 25.5 Å². The molecule has 0 radical (unpaired) electrons. The molecule has 17 heavy (non-hydrogen) atoms. The lowest BCUT2D eigenvalue weighted by molar-refractivity contribution is 0.0951. The average Bonchev–Trinajstić information content (AvgIpc) is 2.95. The normalized spacial score (nSPS) is 15.0. The van der Waals surface area contributed by atoms with Crippen molar-refractivity contribution in [3.8, 4) is 11.6 Å². The molecule has 88 valence electrons. The molecule has 2 aromatic rings. The van der Waals surface area contributed by atoms with Crippen molar-refractivity contribution in [3.05, 3.63) is 17.6 Å². The molecule has 6 heteroatoms. The molecule has 0 N–H and O–H groups in total. The Morgan fingerprint density at radius 1 is 1.53 bits per heavy atom. The van der Waals surface area contributed by atoms with Gasteiger partial charge in [0.15, 0.2) is 17.3 Å². The second-order valence-corrected chi connectivity index (χ2v) is 4.03. The van der Waals surface area contributed by atoms with Crippen LogP contribution < -0.4 is 0 Å². The fourth-order valence-corrected chi connectivity index (χ4v) is 1.94. The number of rotatable bonds is 2. The zero-order chi connectivity index (χ0) is 11.8. The van der Waals surface area contributed by atoms with Crippen molar-refractivity contribution >= 4 is 5.78 Å². The number of hydrogen-bond acceptors (Lipinski definition) is 5. The standard InChI is InChI=1S/C11H12N4O2/c1-2-10-12-11(17-14-10)7-6-8-9(16)4-3-5-15(8)13-7/h6H,2-5H2,1H3. The molecule has 0 aromatic carbocycles. The van der Waals surface area contributed by atoms with Crippen LogP contribution in [-0.4, -0.2) is 25.7 Å². The molecule has 0 aliphatic carbocycles. The Kier molecular flexibility index (Phi) is 2.28. The summed E-state index contributed by atoms with van der Waals surface area (Å²) in [6.45, 7) is 2.73. The van der Waals surface area contributed by atoms with Crippen molar-refractivity contribution in [3.63, 3.8) is 0 Å². The van der Waals surface area contributed by atoms with Gasteiger partial charge in [-0.05, 0) is 6.42 Å². The van der Waals surface area contributed by atoms with E-state index in [9.17, 15) is 4.79 Å². The third-order valence-electron chi connectivity index (χ3n) is 2.84. The van der Waals surface area contributed by atoms with Crippen LogP contribution in [0.2, 0.25) is 0 Å². The number of carbonyl (C=O) groups excluding carboxylic acids is 1. The number of fused-ring (bicyclic) bond motifs is 1. The van der Waals surface area contributed by atoms with Gasteiger partial charge in [-0.15, -0.1) is 0 Å². The summed E-state index contributed by atoms with van der Waals surface area (Å²) in [5.74, 6) is 1.17. The van der Waals surface area contributed by atoms with E-state index in [1.165, 1.54) is 0 Å². The molecule has 0 atom stereocenters. The molecular formula is C11H12N4O2. The van der Waals surface area contributed by atoms with E-state index in [1.807, 2.05) is 6.92 Å². The van der Waals surface area contributed by atoms with Crippen molar-refractivity contribution in [2.75, 3.05) is 0 Å². The molecule has 3 heterocycles. The molecule has 1 aliphatic rings. The lowest BCUT2D eigenvalue weighted by Crippen LogP contribution is -2.16. The average molecular weight is 232 g/mol. The number of nitrogens with zero attached hydrogens (tertiary/aromatic N) is 4. The molecule has 1 aliphatic heterocycles. The van der Waals surface area contributed by atoms with Gasteiger partial charge in [-0.2, -0.15) is 10.1 Å². The molecule has 0 spiro atoms. The van der Waals surface area contributed by atoms with E-state index in [4.69, 9.17) is 4.52 Å². The Morgan fingerprint density at radius 2 is 2.41 bits per heavy atom. The largest absolute Gasteiger partial charge is 0.332 e. The highest BCUT2D eigenvalue weighted by molar-refractivity contribution is 5.95. The van der Waals surface area contributed by atoms with Crippen LogP contribution in [0.3, 0.4) is 0 Å². The van der Waals surface area contributed by atoms with Gasteiger partial charge in [0.05, 0.1) is 0 Å². The maximum atomic E-state index is 11.7. The fraction of sp³-hybridized carbons (Fsp3) is 0.455. The van der Waals surface area contributed by atoms with Gasteiger partial charge in [0.1, 0.15) is 5.69 Å². The van der Waals surface area contributed by atoms with Crippen molar-refractivity contribution in [1.29, 1.82) is 0 Å². The van der Waals surface area contributed by atoms with Gasteiger partial charge in [-0.25, -0.2) is 0 Å². The molecule has 0 bridgehead atoms. The summed E-state index contributed by atoms with van der Waals surface area (Å²) in [5.41, 5.74) is 1.23. The van der Waals surface area contributed by atoms with Crippen molar-refractivity contribution in [1.82, 2.24) is 19.9 Å². The van der Waals surface area contributed by atoms with Crippen LogP contribution in [0.5, 0.6) is 0 Å². The first kappa shape index (κ1) is 10.2. The number of aromatic nitrogens is 4. The van der Waals surface area contributed by atoms with Crippen LogP contribution in [0, 0.1) is 0 Å². The number of hydrogen-bond donors (Lipinski definition) is 0. The van der Waals surface area contributed by atoms with Crippen LogP contribution in [0.1, 0.15) is 36.1 Å². The summed E-state index contributed by atoms with van der Waals surface area (Å²) < 4.78 is 6.83. The molecule has 0 fully saturated rings. The molecule has 3 rings (SSSR count). The highest BCUT2D eigenvalue weighted by atomic mass is 16.5. The van der Waals surface area contributed by atoms with E-state index in [0.29, 0.717) is 29.5 Å². The second-order valence-electron chi connectivity index (χ2n) is 4.03. The third kappa shape index (κ3) is 1.65. The molecule has 0 amide bonds. The third-order valence-corrected chi connectivity index (χ3v) is 2.84. The first-order chi connectivity index (χ1) is 8.28. The minimum absolute atomic E-state index is 0.130. The summed E-state index contributed by atoms with van der Waals surface area (Å²) in [7, 11) is 0. The van der Waals surface area contributed by atoms with Crippen LogP contribution in [0.25, 0.3) is 11.6 Å². The summed E-state index contributed by atoms with van der Waals surface area (Å²) in [5, 5.41) is 8.13. The molecule has 0 unspecified atom stereocenters. The molecule has 6 nitrogen and oxygen atoms in total. The van der Waals surface area contributed by atoms with Crippen LogP contribution in [0.4, 0.5) is 0 Å². The van der Waals surface area contributed by atoms with Gasteiger partial charge in [0.25, 0.3) is 5.89 Å². The summed E-state index contributed by atoms with van der Waals surface area (Å²) in [6, 6.07) is 1.73. The number of ketones is 1. The van der Waals surface area contributed by atoms with Crippen LogP contribution in [-0.2, 0) is 13.0 Å². The Morgan fingerprint density at radius 3 is 3.12 bits per heavy atom. The Bertz CT molecular complexity index is 570. The lowest BCUT2D eigenvalue weighted by Gasteiger charge is -2.10. The van der Waals surface area contributed by atoms with E-state index >= 15 is 0 Å². The Labute approximate surface area is 97.6 Å². The van der Waals surface area contributed by atoms with Crippen molar-refractivity contribution in [2.24, 2.45) is 0 Å². The minimum Gasteiger partial charge on any atom is -0.332 e. The zero-order valence-corrected chi connectivity index (χ0v) is 9.51. The zero-order valence-electron chi connectivity index (χ0n) is 9.51. The van der Waals surface area contributed by atoms with Crippen LogP contribution >= 0.6 is 0 Å². The number of carbonyl (C=O) groups is 1. The topological polar surface area (TPSA) is 73.8 Å². The predicted octanol–water partition coefficient (Wildman–Crippen LogP) is 1.47. The van der Waals surface area contributed by atoms with Gasteiger partial charge < -0.3 is 4.52 Å². The quantitative estimate of drug-likeness (QED) is 0.783. The Hall–Kier alpha value is -1.98. The number of aryl methyl sites for hydroxylation is 2. The highest BCUT2D eigenvalue weighted by Crippen LogP contribution is 2.21. The number of Topliss-reactive ketones (excluding diaryl/α,β-unsaturated/α-hetero) is 1. The Balaban J connectivity index is 2.01. The van der Waals surface area contributed by atoms with Crippen LogP contribution in [0.15, 0.2) is 10.6 Å². The predicted molar refractivity (Wildman–Crippen MR) is 58.5 cm³/mol. The lowest BCUT2D eigenvalue weighted by atomic mass is 10.1. The highest BCUT2D eigenvalue weighted by Gasteiger charge is 2.22. The molecule has 2 aromatic heterocycles. The first-order valence-electron chi connectivity index (χ1n) is 5.72. The van der Waals surface area contributed by atoms with Crippen molar-refractivity contribution in [2.45, 2.75) is 32.7 Å². The molecule has 0 saturated carbocycles. The molecule has 0 saturated heterocycles. The molecular weight excluding hydrogens is 220 g/mol. The summed E-state index contributed by atoms with van der Waals surface area (Å²) >= 11 is 0. The SMILES string of the molecule is CCc1noc(-c2cc3n(n2)CCCC3=O)n1. The maximum Gasteiger partial charge on any atom is 0.278 e. The first-order valence-corrected chi connectivity index (χ1v) is 5.72. The monoisotopic (exact) mass is 232 g/mol. The maximum absolute atomic E-state index is 11.7. The van der Waals surface area contributed by atoms with E-state index in [-0.39, 0.29) is 5.78 Å². The van der Waals surface area contributed by atoms with Gasteiger partial charge in [-0.3, -0.25) is 9.48 Å². The van der Waals surface area contributed by atoms with E-state index < -0.39 is 0 Å². The summed E-state index contributed by atoms with van der Waals surface area (Å²) in [4.78, 5) is 15.9. The fourth-order valence-electron chi connectivity index (χ4n) is 1.94. The van der Waals surface area contributed by atoms with E-state index in [2.05, 4.69) is 15.2 Å².